The molecule has 18 heavy (non-hydrogen) atoms. The van der Waals surface area contributed by atoms with E-state index in [-0.39, 0.29) is 5.82 Å². The van der Waals surface area contributed by atoms with E-state index in [2.05, 4.69) is 38.2 Å². The summed E-state index contributed by atoms with van der Waals surface area (Å²) in [6, 6.07) is 7.18. The molecule has 0 aliphatic rings. The SMILES string of the molecule is CNCC(C(C)C)C(c1ccc(F)cc1)N(C)C. The monoisotopic (exact) mass is 252 g/mol. The predicted octanol–water partition coefficient (Wildman–Crippen LogP) is 2.92. The van der Waals surface area contributed by atoms with Crippen molar-refractivity contribution < 1.29 is 4.39 Å². The Balaban J connectivity index is 3.03. The standard InChI is InChI=1S/C15H25FN2/c1-11(2)14(10-17-3)15(18(4)5)12-6-8-13(16)9-7-12/h6-9,11,14-15,17H,10H2,1-5H3. The molecule has 2 unspecified atom stereocenters. The van der Waals surface area contributed by atoms with Gasteiger partial charge in [0.2, 0.25) is 0 Å². The molecule has 1 aromatic rings. The highest BCUT2D eigenvalue weighted by Gasteiger charge is 2.27. The summed E-state index contributed by atoms with van der Waals surface area (Å²) >= 11 is 0. The fourth-order valence-corrected chi connectivity index (χ4v) is 2.54. The number of halogens is 1. The van der Waals surface area contributed by atoms with E-state index < -0.39 is 0 Å². The Bertz CT molecular complexity index is 346. The summed E-state index contributed by atoms with van der Waals surface area (Å²) in [4.78, 5) is 2.22. The normalized spacial score (nSPS) is 15.1. The van der Waals surface area contributed by atoms with Crippen LogP contribution >= 0.6 is 0 Å². The molecule has 0 spiro atoms. The molecule has 1 aromatic carbocycles. The Hall–Kier alpha value is -0.930. The predicted molar refractivity (Wildman–Crippen MR) is 75.1 cm³/mol. The molecule has 0 fully saturated rings. The van der Waals surface area contributed by atoms with Crippen molar-refractivity contribution in [2.45, 2.75) is 19.9 Å². The van der Waals surface area contributed by atoms with Crippen LogP contribution < -0.4 is 5.32 Å². The third-order valence-electron chi connectivity index (χ3n) is 3.47. The van der Waals surface area contributed by atoms with Crippen molar-refractivity contribution in [2.75, 3.05) is 27.7 Å². The topological polar surface area (TPSA) is 15.3 Å². The Kier molecular flexibility index (Phi) is 5.76. The van der Waals surface area contributed by atoms with Crippen molar-refractivity contribution >= 4 is 0 Å². The zero-order valence-electron chi connectivity index (χ0n) is 12.1. The third kappa shape index (κ3) is 3.79. The van der Waals surface area contributed by atoms with Crippen LogP contribution in [0.1, 0.15) is 25.5 Å². The Morgan fingerprint density at radius 1 is 1.17 bits per heavy atom. The summed E-state index contributed by atoms with van der Waals surface area (Å²) in [6.45, 7) is 5.43. The van der Waals surface area contributed by atoms with Gasteiger partial charge in [-0.15, -0.1) is 0 Å². The number of rotatable bonds is 6. The fourth-order valence-electron chi connectivity index (χ4n) is 2.54. The Labute approximate surface area is 110 Å². The molecule has 1 rings (SSSR count). The molecule has 1 N–H and O–H groups in total. The lowest BCUT2D eigenvalue weighted by molar-refractivity contribution is 0.169. The second-order valence-corrected chi connectivity index (χ2v) is 5.43. The van der Waals surface area contributed by atoms with Gasteiger partial charge in [-0.05, 0) is 57.2 Å². The van der Waals surface area contributed by atoms with Crippen LogP contribution in [-0.4, -0.2) is 32.6 Å². The molecule has 2 nitrogen and oxygen atoms in total. The van der Waals surface area contributed by atoms with E-state index >= 15 is 0 Å². The second-order valence-electron chi connectivity index (χ2n) is 5.43. The van der Waals surface area contributed by atoms with E-state index in [1.54, 1.807) is 12.1 Å². The van der Waals surface area contributed by atoms with Gasteiger partial charge in [0.05, 0.1) is 0 Å². The van der Waals surface area contributed by atoms with E-state index in [1.165, 1.54) is 5.56 Å². The first kappa shape index (κ1) is 15.1. The lowest BCUT2D eigenvalue weighted by Crippen LogP contribution is -2.36. The zero-order valence-corrected chi connectivity index (χ0v) is 12.1. The molecule has 3 heteroatoms. The van der Waals surface area contributed by atoms with Gasteiger partial charge in [0.15, 0.2) is 0 Å². The van der Waals surface area contributed by atoms with Gasteiger partial charge in [-0.1, -0.05) is 26.0 Å². The fraction of sp³-hybridized carbons (Fsp3) is 0.600. The molecule has 0 aliphatic carbocycles. The van der Waals surface area contributed by atoms with E-state index in [0.29, 0.717) is 17.9 Å². The van der Waals surface area contributed by atoms with E-state index in [0.717, 1.165) is 6.54 Å². The van der Waals surface area contributed by atoms with Crippen LogP contribution in [0.2, 0.25) is 0 Å². The maximum absolute atomic E-state index is 13.0. The van der Waals surface area contributed by atoms with Crippen LogP contribution in [0.5, 0.6) is 0 Å². The molecule has 0 radical (unpaired) electrons. The van der Waals surface area contributed by atoms with Crippen LogP contribution in [0.3, 0.4) is 0 Å². The van der Waals surface area contributed by atoms with Crippen LogP contribution in [0.25, 0.3) is 0 Å². The smallest absolute Gasteiger partial charge is 0.123 e. The summed E-state index contributed by atoms with van der Waals surface area (Å²) in [5.41, 5.74) is 1.18. The van der Waals surface area contributed by atoms with Gasteiger partial charge < -0.3 is 10.2 Å². The number of nitrogens with zero attached hydrogens (tertiary/aromatic N) is 1. The average molecular weight is 252 g/mol. The number of hydrogen-bond acceptors (Lipinski definition) is 2. The van der Waals surface area contributed by atoms with Gasteiger partial charge in [0.25, 0.3) is 0 Å². The first-order valence-electron chi connectivity index (χ1n) is 6.53. The van der Waals surface area contributed by atoms with E-state index in [1.807, 2.05) is 19.2 Å². The average Bonchev–Trinajstić information content (AvgIpc) is 2.30. The van der Waals surface area contributed by atoms with Crippen molar-refractivity contribution in [3.63, 3.8) is 0 Å². The summed E-state index contributed by atoms with van der Waals surface area (Å²) < 4.78 is 13.0. The van der Waals surface area contributed by atoms with Gasteiger partial charge in [-0.2, -0.15) is 0 Å². The largest absolute Gasteiger partial charge is 0.319 e. The lowest BCUT2D eigenvalue weighted by atomic mass is 9.83. The number of benzene rings is 1. The van der Waals surface area contributed by atoms with Gasteiger partial charge in [0, 0.05) is 6.04 Å². The third-order valence-corrected chi connectivity index (χ3v) is 3.47. The highest BCUT2D eigenvalue weighted by Crippen LogP contribution is 2.31. The van der Waals surface area contributed by atoms with Gasteiger partial charge >= 0.3 is 0 Å². The molecule has 0 aromatic heterocycles. The molecular weight excluding hydrogens is 227 g/mol. The van der Waals surface area contributed by atoms with Crippen LogP contribution in [-0.2, 0) is 0 Å². The molecule has 2 atom stereocenters. The van der Waals surface area contributed by atoms with Crippen LogP contribution in [0.15, 0.2) is 24.3 Å². The van der Waals surface area contributed by atoms with Crippen molar-refractivity contribution in [1.29, 1.82) is 0 Å². The summed E-state index contributed by atoms with van der Waals surface area (Å²) in [5, 5.41) is 3.26. The van der Waals surface area contributed by atoms with Crippen molar-refractivity contribution in [3.05, 3.63) is 35.6 Å². The van der Waals surface area contributed by atoms with Crippen molar-refractivity contribution in [1.82, 2.24) is 10.2 Å². The quantitative estimate of drug-likeness (QED) is 0.837. The summed E-state index contributed by atoms with van der Waals surface area (Å²) in [7, 11) is 6.14. The maximum atomic E-state index is 13.0. The number of hydrogen-bond donors (Lipinski definition) is 1. The van der Waals surface area contributed by atoms with Crippen molar-refractivity contribution in [3.8, 4) is 0 Å². The Morgan fingerprint density at radius 3 is 2.11 bits per heavy atom. The molecule has 0 heterocycles. The van der Waals surface area contributed by atoms with Crippen LogP contribution in [0, 0.1) is 17.7 Å². The molecule has 102 valence electrons. The highest BCUT2D eigenvalue weighted by atomic mass is 19.1. The minimum Gasteiger partial charge on any atom is -0.319 e. The molecule has 0 bridgehead atoms. The van der Waals surface area contributed by atoms with E-state index in [9.17, 15) is 4.39 Å². The summed E-state index contributed by atoms with van der Waals surface area (Å²) in [6.07, 6.45) is 0. The first-order chi connectivity index (χ1) is 8.47. The summed E-state index contributed by atoms with van der Waals surface area (Å²) in [5.74, 6) is 0.885. The second kappa shape index (κ2) is 6.86. The van der Waals surface area contributed by atoms with E-state index in [4.69, 9.17) is 0 Å². The molecule has 0 saturated carbocycles. The lowest BCUT2D eigenvalue weighted by Gasteiger charge is -2.35. The Morgan fingerprint density at radius 2 is 1.72 bits per heavy atom. The minimum atomic E-state index is -0.175. The van der Waals surface area contributed by atoms with Gasteiger partial charge in [-0.25, -0.2) is 4.39 Å². The molecule has 0 amide bonds. The highest BCUT2D eigenvalue weighted by molar-refractivity contribution is 5.21. The molecular formula is C15H25FN2. The van der Waals surface area contributed by atoms with Gasteiger partial charge in [0.1, 0.15) is 5.82 Å². The van der Waals surface area contributed by atoms with Gasteiger partial charge in [-0.3, -0.25) is 0 Å². The first-order valence-corrected chi connectivity index (χ1v) is 6.53. The van der Waals surface area contributed by atoms with Crippen molar-refractivity contribution in [2.24, 2.45) is 11.8 Å². The minimum absolute atomic E-state index is 0.175. The van der Waals surface area contributed by atoms with Crippen LogP contribution in [0.4, 0.5) is 4.39 Å². The molecule has 0 saturated heterocycles. The number of nitrogens with one attached hydrogen (secondary N) is 1. The zero-order chi connectivity index (χ0) is 13.7. The molecule has 0 aliphatic heterocycles. The maximum Gasteiger partial charge on any atom is 0.123 e.